The number of thiocarbonyl (C=S) groups is 1. The van der Waals surface area contributed by atoms with Gasteiger partial charge in [0, 0.05) is 24.4 Å². The molecular weight excluding hydrogens is 360 g/mol. The van der Waals surface area contributed by atoms with E-state index >= 15 is 0 Å². The van der Waals surface area contributed by atoms with Gasteiger partial charge in [0.25, 0.3) is 0 Å². The van der Waals surface area contributed by atoms with Crippen molar-refractivity contribution in [3.63, 3.8) is 0 Å². The Balaban J connectivity index is 1.44. The molecule has 0 radical (unpaired) electrons. The van der Waals surface area contributed by atoms with Gasteiger partial charge in [-0.25, -0.2) is 0 Å². The number of aliphatic hydroxyl groups is 1. The molecule has 144 valence electrons. The monoisotopic (exact) mass is 386 g/mol. The Morgan fingerprint density at radius 1 is 1.22 bits per heavy atom. The number of fused-ring (bicyclic) bond motifs is 1. The summed E-state index contributed by atoms with van der Waals surface area (Å²) in [5.41, 5.74) is 2.66. The van der Waals surface area contributed by atoms with E-state index in [1.165, 1.54) is 11.1 Å². The number of amides is 1. The molecule has 4 rings (SSSR count). The molecule has 2 heterocycles. The standard InChI is InChI=1S/C21H26N2O3S/c24-12-16-6-3-7-23(16)21(26)20-19(18(27)11-22-20)17(25)10-13-8-14-4-1-2-5-15(14)9-13/h1-2,4-5,13,16,19-20,22,24H,3,6-12H2/t16-,19?,20-/m0/s1. The smallest absolute Gasteiger partial charge is 0.241 e. The van der Waals surface area contributed by atoms with Crippen molar-refractivity contribution in [1.29, 1.82) is 0 Å². The van der Waals surface area contributed by atoms with Crippen LogP contribution in [0.25, 0.3) is 0 Å². The molecule has 1 amide bonds. The first kappa shape index (κ1) is 18.7. The van der Waals surface area contributed by atoms with Crippen LogP contribution >= 0.6 is 12.2 Å². The molecule has 6 heteroatoms. The fourth-order valence-corrected chi connectivity index (χ4v) is 5.27. The van der Waals surface area contributed by atoms with Crippen LogP contribution in [0.4, 0.5) is 0 Å². The Labute approximate surface area is 165 Å². The molecule has 2 fully saturated rings. The average Bonchev–Trinajstić information content (AvgIpc) is 3.37. The van der Waals surface area contributed by atoms with E-state index in [0.717, 1.165) is 25.7 Å². The van der Waals surface area contributed by atoms with Crippen LogP contribution in [-0.4, -0.2) is 58.3 Å². The SMILES string of the molecule is O=C(CC1Cc2ccccc2C1)C1C(=S)CN[C@@H]1C(=O)N1CCC[C@H]1CO. The molecule has 27 heavy (non-hydrogen) atoms. The Bertz CT molecular complexity index is 741. The second kappa shape index (κ2) is 7.78. The van der Waals surface area contributed by atoms with Crippen LogP contribution in [0.1, 0.15) is 30.4 Å². The predicted octanol–water partition coefficient (Wildman–Crippen LogP) is 1.30. The third-order valence-electron chi connectivity index (χ3n) is 6.29. The molecule has 0 saturated carbocycles. The number of carbonyl (C=O) groups excluding carboxylic acids is 2. The van der Waals surface area contributed by atoms with Crippen molar-refractivity contribution in [3.8, 4) is 0 Å². The molecule has 0 spiro atoms. The molecule has 1 aliphatic carbocycles. The molecule has 2 aliphatic heterocycles. The summed E-state index contributed by atoms with van der Waals surface area (Å²) in [5.74, 6) is -0.220. The number of aliphatic hydroxyl groups excluding tert-OH is 1. The van der Waals surface area contributed by atoms with Gasteiger partial charge in [0.1, 0.15) is 11.8 Å². The Morgan fingerprint density at radius 3 is 2.59 bits per heavy atom. The number of nitrogens with zero attached hydrogens (tertiary/aromatic N) is 1. The van der Waals surface area contributed by atoms with Crippen molar-refractivity contribution in [2.45, 2.75) is 44.2 Å². The normalized spacial score (nSPS) is 28.0. The van der Waals surface area contributed by atoms with Crippen molar-refractivity contribution in [2.24, 2.45) is 11.8 Å². The molecule has 1 aromatic rings. The van der Waals surface area contributed by atoms with E-state index in [9.17, 15) is 14.7 Å². The van der Waals surface area contributed by atoms with Crippen LogP contribution in [0.2, 0.25) is 0 Å². The third-order valence-corrected chi connectivity index (χ3v) is 6.68. The highest BCUT2D eigenvalue weighted by Crippen LogP contribution is 2.31. The minimum atomic E-state index is -0.569. The lowest BCUT2D eigenvalue weighted by Crippen LogP contribution is -2.50. The average molecular weight is 387 g/mol. The van der Waals surface area contributed by atoms with Crippen LogP contribution < -0.4 is 5.32 Å². The summed E-state index contributed by atoms with van der Waals surface area (Å²) in [6.45, 7) is 1.06. The zero-order chi connectivity index (χ0) is 19.0. The maximum atomic E-state index is 13.1. The first-order chi connectivity index (χ1) is 13.1. The van der Waals surface area contributed by atoms with E-state index in [-0.39, 0.29) is 24.3 Å². The van der Waals surface area contributed by atoms with Gasteiger partial charge in [0.05, 0.1) is 18.6 Å². The summed E-state index contributed by atoms with van der Waals surface area (Å²) in [7, 11) is 0. The molecule has 1 unspecified atom stereocenters. The second-order valence-corrected chi connectivity index (χ2v) is 8.55. The van der Waals surface area contributed by atoms with Gasteiger partial charge in [-0.2, -0.15) is 0 Å². The first-order valence-corrected chi connectivity index (χ1v) is 10.3. The zero-order valence-electron chi connectivity index (χ0n) is 15.4. The highest BCUT2D eigenvalue weighted by atomic mass is 32.1. The molecular formula is C21H26N2O3S. The van der Waals surface area contributed by atoms with Gasteiger partial charge in [0.2, 0.25) is 5.91 Å². The van der Waals surface area contributed by atoms with Gasteiger partial charge >= 0.3 is 0 Å². The van der Waals surface area contributed by atoms with E-state index in [1.807, 2.05) is 12.1 Å². The number of carbonyl (C=O) groups is 2. The molecule has 3 aliphatic rings. The van der Waals surface area contributed by atoms with Crippen molar-refractivity contribution in [3.05, 3.63) is 35.4 Å². The number of hydrogen-bond acceptors (Lipinski definition) is 5. The predicted molar refractivity (Wildman–Crippen MR) is 107 cm³/mol. The number of hydrogen-bond donors (Lipinski definition) is 2. The van der Waals surface area contributed by atoms with Gasteiger partial charge in [-0.3, -0.25) is 9.59 Å². The number of rotatable bonds is 5. The van der Waals surface area contributed by atoms with Crippen molar-refractivity contribution in [1.82, 2.24) is 10.2 Å². The Kier molecular flexibility index (Phi) is 5.39. The van der Waals surface area contributed by atoms with E-state index in [2.05, 4.69) is 17.4 Å². The van der Waals surface area contributed by atoms with E-state index in [0.29, 0.717) is 30.3 Å². The Morgan fingerprint density at radius 2 is 1.93 bits per heavy atom. The summed E-state index contributed by atoms with van der Waals surface area (Å²) < 4.78 is 0. The van der Waals surface area contributed by atoms with Crippen LogP contribution in [0.15, 0.2) is 24.3 Å². The molecule has 3 atom stereocenters. The molecule has 0 bridgehead atoms. The first-order valence-electron chi connectivity index (χ1n) is 9.85. The summed E-state index contributed by atoms with van der Waals surface area (Å²) >= 11 is 5.45. The Hall–Kier alpha value is -1.63. The fraction of sp³-hybridized carbons (Fsp3) is 0.571. The lowest BCUT2D eigenvalue weighted by molar-refractivity contribution is -0.138. The summed E-state index contributed by atoms with van der Waals surface area (Å²) in [6, 6.07) is 7.66. The van der Waals surface area contributed by atoms with Gasteiger partial charge in [-0.1, -0.05) is 36.5 Å². The lowest BCUT2D eigenvalue weighted by atomic mass is 9.87. The summed E-state index contributed by atoms with van der Waals surface area (Å²) in [6.07, 6.45) is 4.03. The summed E-state index contributed by atoms with van der Waals surface area (Å²) in [5, 5.41) is 12.7. The molecule has 0 aromatic heterocycles. The maximum Gasteiger partial charge on any atom is 0.241 e. The van der Waals surface area contributed by atoms with Gasteiger partial charge in [-0.05, 0) is 42.7 Å². The molecule has 2 N–H and O–H groups in total. The maximum absolute atomic E-state index is 13.1. The third kappa shape index (κ3) is 3.58. The topological polar surface area (TPSA) is 69.6 Å². The minimum absolute atomic E-state index is 0.0259. The van der Waals surface area contributed by atoms with E-state index in [4.69, 9.17) is 12.2 Å². The number of likely N-dealkylation sites (tertiary alicyclic amines) is 1. The van der Waals surface area contributed by atoms with Crippen LogP contribution in [0.5, 0.6) is 0 Å². The van der Waals surface area contributed by atoms with Gasteiger partial charge in [0.15, 0.2) is 0 Å². The molecule has 2 saturated heterocycles. The second-order valence-electron chi connectivity index (χ2n) is 8.03. The largest absolute Gasteiger partial charge is 0.394 e. The van der Waals surface area contributed by atoms with Crippen LogP contribution in [0, 0.1) is 11.8 Å². The lowest BCUT2D eigenvalue weighted by Gasteiger charge is -2.28. The zero-order valence-corrected chi connectivity index (χ0v) is 16.2. The van der Waals surface area contributed by atoms with Crippen LogP contribution in [0.3, 0.4) is 0 Å². The minimum Gasteiger partial charge on any atom is -0.394 e. The highest BCUT2D eigenvalue weighted by molar-refractivity contribution is 7.80. The number of nitrogens with one attached hydrogen (secondary N) is 1. The fourth-order valence-electron chi connectivity index (χ4n) is 4.92. The molecule has 1 aromatic carbocycles. The highest BCUT2D eigenvalue weighted by Gasteiger charge is 2.45. The van der Waals surface area contributed by atoms with Crippen LogP contribution in [-0.2, 0) is 22.4 Å². The summed E-state index contributed by atoms with van der Waals surface area (Å²) in [4.78, 5) is 28.5. The van der Waals surface area contributed by atoms with E-state index < -0.39 is 12.0 Å². The van der Waals surface area contributed by atoms with Crippen molar-refractivity contribution in [2.75, 3.05) is 19.7 Å². The van der Waals surface area contributed by atoms with Crippen molar-refractivity contribution >= 4 is 28.8 Å². The van der Waals surface area contributed by atoms with Crippen molar-refractivity contribution < 1.29 is 14.7 Å². The quantitative estimate of drug-likeness (QED) is 0.747. The number of ketones is 1. The van der Waals surface area contributed by atoms with E-state index in [1.54, 1.807) is 4.90 Å². The van der Waals surface area contributed by atoms with Gasteiger partial charge in [-0.15, -0.1) is 0 Å². The number of benzene rings is 1. The molecule has 5 nitrogen and oxygen atoms in total. The number of Topliss-reactive ketones (excluding diaryl/α,β-unsaturated/α-hetero) is 1. The van der Waals surface area contributed by atoms with Gasteiger partial charge < -0.3 is 15.3 Å².